The number of carbonyl (C=O) groups is 3. The molecular formula is C19H18O9. The van der Waals surface area contributed by atoms with Crippen molar-refractivity contribution in [1.82, 2.24) is 0 Å². The third-order valence-electron chi connectivity index (χ3n) is 3.43. The number of ether oxygens (including phenoxy) is 4. The number of rotatable bonds is 6. The highest BCUT2D eigenvalue weighted by Gasteiger charge is 2.27. The molecule has 0 N–H and O–H groups in total. The van der Waals surface area contributed by atoms with Gasteiger partial charge >= 0.3 is 23.5 Å². The van der Waals surface area contributed by atoms with E-state index in [-0.39, 0.29) is 34.6 Å². The molecule has 1 aromatic carbocycles. The van der Waals surface area contributed by atoms with Crippen LogP contribution in [0.25, 0.3) is 11.0 Å². The van der Waals surface area contributed by atoms with Crippen molar-refractivity contribution in [2.45, 2.75) is 27.2 Å². The zero-order valence-electron chi connectivity index (χ0n) is 15.7. The van der Waals surface area contributed by atoms with E-state index in [1.54, 1.807) is 0 Å². The van der Waals surface area contributed by atoms with Gasteiger partial charge in [0.2, 0.25) is 0 Å². The molecule has 1 aromatic heterocycles. The summed E-state index contributed by atoms with van der Waals surface area (Å²) in [6.07, 6.45) is 1.75. The molecule has 9 nitrogen and oxygen atoms in total. The van der Waals surface area contributed by atoms with Gasteiger partial charge in [-0.15, -0.1) is 6.58 Å². The van der Waals surface area contributed by atoms with Gasteiger partial charge in [0.15, 0.2) is 5.75 Å². The first-order valence-electron chi connectivity index (χ1n) is 8.06. The van der Waals surface area contributed by atoms with Crippen molar-refractivity contribution in [2.24, 2.45) is 0 Å². The number of benzene rings is 1. The molecule has 0 radical (unpaired) electrons. The minimum absolute atomic E-state index is 0.0568. The second-order valence-corrected chi connectivity index (χ2v) is 5.58. The first-order valence-corrected chi connectivity index (χ1v) is 8.06. The number of carbonyl (C=O) groups excluding carboxylic acids is 3. The Hall–Kier alpha value is -3.62. The molecule has 2 aromatic rings. The minimum Gasteiger partial charge on any atom is -0.495 e. The lowest BCUT2D eigenvalue weighted by molar-refractivity contribution is -0.134. The average Bonchev–Trinajstić information content (AvgIpc) is 2.58. The van der Waals surface area contributed by atoms with E-state index in [4.69, 9.17) is 23.4 Å². The molecule has 0 saturated heterocycles. The van der Waals surface area contributed by atoms with Crippen LogP contribution in [0.3, 0.4) is 0 Å². The van der Waals surface area contributed by atoms with E-state index in [9.17, 15) is 19.2 Å². The largest absolute Gasteiger partial charge is 0.495 e. The SMILES string of the molecule is C=CCc1c(OC(C)=O)cc2oc(=O)c(OC(C)=O)c(OC(C)=O)c2c1OC. The van der Waals surface area contributed by atoms with Crippen LogP contribution in [0.5, 0.6) is 23.0 Å². The fourth-order valence-electron chi connectivity index (χ4n) is 2.58. The van der Waals surface area contributed by atoms with Gasteiger partial charge in [-0.05, 0) is 6.42 Å². The van der Waals surface area contributed by atoms with E-state index in [0.717, 1.165) is 13.8 Å². The van der Waals surface area contributed by atoms with Crippen molar-refractivity contribution in [1.29, 1.82) is 0 Å². The molecule has 0 bridgehead atoms. The van der Waals surface area contributed by atoms with Crippen LogP contribution in [-0.2, 0) is 20.8 Å². The van der Waals surface area contributed by atoms with Crippen LogP contribution < -0.4 is 24.6 Å². The first kappa shape index (κ1) is 20.7. The van der Waals surface area contributed by atoms with Crippen molar-refractivity contribution in [3.63, 3.8) is 0 Å². The Balaban J connectivity index is 3.02. The predicted octanol–water partition coefficient (Wildman–Crippen LogP) is 2.31. The number of fused-ring (bicyclic) bond motifs is 1. The third kappa shape index (κ3) is 4.20. The monoisotopic (exact) mass is 390 g/mol. The third-order valence-corrected chi connectivity index (χ3v) is 3.43. The van der Waals surface area contributed by atoms with Crippen LogP contribution in [0.15, 0.2) is 27.9 Å². The van der Waals surface area contributed by atoms with Crippen molar-refractivity contribution in [3.8, 4) is 23.0 Å². The van der Waals surface area contributed by atoms with Crippen LogP contribution in [-0.4, -0.2) is 25.0 Å². The number of allylic oxidation sites excluding steroid dienone is 1. The summed E-state index contributed by atoms with van der Waals surface area (Å²) in [5.41, 5.74) is -0.777. The summed E-state index contributed by atoms with van der Waals surface area (Å²) in [5.74, 6) is -2.95. The Morgan fingerprint density at radius 3 is 2.07 bits per heavy atom. The molecule has 0 atom stereocenters. The van der Waals surface area contributed by atoms with Gasteiger partial charge in [-0.1, -0.05) is 6.08 Å². The molecule has 9 heteroatoms. The molecule has 0 fully saturated rings. The Morgan fingerprint density at radius 1 is 1.00 bits per heavy atom. The van der Waals surface area contributed by atoms with Gasteiger partial charge in [0.1, 0.15) is 22.5 Å². The van der Waals surface area contributed by atoms with Crippen LogP contribution in [0.4, 0.5) is 0 Å². The van der Waals surface area contributed by atoms with E-state index in [0.29, 0.717) is 5.56 Å². The molecule has 148 valence electrons. The summed E-state index contributed by atoms with van der Waals surface area (Å²) in [4.78, 5) is 46.8. The number of hydrogen-bond acceptors (Lipinski definition) is 9. The molecule has 0 aliphatic heterocycles. The molecule has 0 saturated carbocycles. The molecular weight excluding hydrogens is 372 g/mol. The topological polar surface area (TPSA) is 118 Å². The summed E-state index contributed by atoms with van der Waals surface area (Å²) in [6.45, 7) is 7.04. The maximum Gasteiger partial charge on any atom is 0.383 e. The van der Waals surface area contributed by atoms with E-state index >= 15 is 0 Å². The number of hydrogen-bond donors (Lipinski definition) is 0. The average molecular weight is 390 g/mol. The van der Waals surface area contributed by atoms with Gasteiger partial charge in [-0.3, -0.25) is 14.4 Å². The maximum atomic E-state index is 12.3. The molecule has 0 aliphatic carbocycles. The molecule has 1 heterocycles. The summed E-state index contributed by atoms with van der Waals surface area (Å²) >= 11 is 0. The molecule has 0 spiro atoms. The van der Waals surface area contributed by atoms with Crippen LogP contribution in [0, 0.1) is 0 Å². The second kappa shape index (κ2) is 8.38. The van der Waals surface area contributed by atoms with E-state index < -0.39 is 29.3 Å². The fourth-order valence-corrected chi connectivity index (χ4v) is 2.58. The quantitative estimate of drug-likeness (QED) is 0.317. The molecule has 0 aliphatic rings. The summed E-state index contributed by atoms with van der Waals surface area (Å²) < 4.78 is 25.8. The van der Waals surface area contributed by atoms with E-state index in [1.807, 2.05) is 0 Å². The first-order chi connectivity index (χ1) is 13.2. The summed E-state index contributed by atoms with van der Waals surface area (Å²) in [5, 5.41) is 0.0568. The lowest BCUT2D eigenvalue weighted by atomic mass is 10.0. The number of esters is 3. The highest BCUT2D eigenvalue weighted by Crippen LogP contribution is 2.44. The van der Waals surface area contributed by atoms with Crippen LogP contribution in [0.2, 0.25) is 0 Å². The highest BCUT2D eigenvalue weighted by molar-refractivity contribution is 5.97. The van der Waals surface area contributed by atoms with Gasteiger partial charge < -0.3 is 23.4 Å². The zero-order chi connectivity index (χ0) is 21.0. The standard InChI is InChI=1S/C19H18O9/c1-6-7-12-13(25-9(2)20)8-14-15(16(12)24-5)17(26-10(3)21)18(19(23)28-14)27-11(4)22/h6,8H,1,7H2,2-5H3. The normalized spacial score (nSPS) is 10.3. The Labute approximate surface area is 159 Å². The molecule has 0 unspecified atom stereocenters. The minimum atomic E-state index is -1.06. The van der Waals surface area contributed by atoms with Gasteiger partial charge in [0.25, 0.3) is 5.75 Å². The lowest BCUT2D eigenvalue weighted by Gasteiger charge is -2.17. The Bertz CT molecular complexity index is 1030. The summed E-state index contributed by atoms with van der Waals surface area (Å²) in [7, 11) is 1.33. The lowest BCUT2D eigenvalue weighted by Crippen LogP contribution is -2.15. The maximum absolute atomic E-state index is 12.3. The van der Waals surface area contributed by atoms with Crippen LogP contribution >= 0.6 is 0 Å². The van der Waals surface area contributed by atoms with E-state index in [1.165, 1.54) is 26.2 Å². The van der Waals surface area contributed by atoms with Crippen molar-refractivity contribution >= 4 is 28.9 Å². The van der Waals surface area contributed by atoms with Crippen LogP contribution in [0.1, 0.15) is 26.3 Å². The number of methoxy groups -OCH3 is 1. The van der Waals surface area contributed by atoms with Gasteiger partial charge in [-0.2, -0.15) is 0 Å². The second-order valence-electron chi connectivity index (χ2n) is 5.58. The van der Waals surface area contributed by atoms with Crippen molar-refractivity contribution < 1.29 is 37.7 Å². The fraction of sp³-hybridized carbons (Fsp3) is 0.263. The molecule has 0 amide bonds. The molecule has 28 heavy (non-hydrogen) atoms. The van der Waals surface area contributed by atoms with Gasteiger partial charge in [-0.25, -0.2) is 4.79 Å². The zero-order valence-corrected chi connectivity index (χ0v) is 15.7. The van der Waals surface area contributed by atoms with Gasteiger partial charge in [0.05, 0.1) is 7.11 Å². The molecule has 2 rings (SSSR count). The highest BCUT2D eigenvalue weighted by atomic mass is 16.6. The van der Waals surface area contributed by atoms with Gasteiger partial charge in [0, 0.05) is 32.4 Å². The van der Waals surface area contributed by atoms with Crippen molar-refractivity contribution in [3.05, 3.63) is 34.7 Å². The Kier molecular flexibility index (Phi) is 6.19. The van der Waals surface area contributed by atoms with Crippen molar-refractivity contribution in [2.75, 3.05) is 7.11 Å². The Morgan fingerprint density at radius 2 is 1.57 bits per heavy atom. The smallest absolute Gasteiger partial charge is 0.383 e. The summed E-state index contributed by atoms with van der Waals surface area (Å²) in [6, 6.07) is 1.28. The van der Waals surface area contributed by atoms with E-state index in [2.05, 4.69) is 6.58 Å². The predicted molar refractivity (Wildman–Crippen MR) is 96.9 cm³/mol.